The number of carbonyl (C=O) groups excluding carboxylic acids is 2. The largest absolute Gasteiger partial charge is 0.455 e. The van der Waals surface area contributed by atoms with Crippen LogP contribution in [0, 0.1) is 10.1 Å². The molecule has 0 saturated heterocycles. The van der Waals surface area contributed by atoms with E-state index in [2.05, 4.69) is 15.4 Å². The topological polar surface area (TPSA) is 157 Å². The molecule has 32 heavy (non-hydrogen) atoms. The van der Waals surface area contributed by atoms with Crippen LogP contribution in [0.15, 0.2) is 42.5 Å². The van der Waals surface area contributed by atoms with E-state index in [0.29, 0.717) is 12.2 Å². The molecule has 0 atom stereocenters. The first-order chi connectivity index (χ1) is 15.1. The third-order valence-electron chi connectivity index (χ3n) is 4.08. The molecule has 0 aromatic heterocycles. The standard InChI is InChI=1S/C20H24N4O7S/c1-3-4-8-11-21-19(25)20(26)22-15-12-16(23-32(2,29)30)18(13-17(15)24(27)28)31-14-9-6-5-7-10-14/h5-7,9-10,12-13,23H,3-4,8,11H2,1-2H3,(H,21,25)(H,22,26). The minimum Gasteiger partial charge on any atom is -0.455 e. The summed E-state index contributed by atoms with van der Waals surface area (Å²) in [7, 11) is -3.80. The third-order valence-corrected chi connectivity index (χ3v) is 4.67. The smallest absolute Gasteiger partial charge is 0.313 e. The average molecular weight is 465 g/mol. The Morgan fingerprint density at radius 2 is 1.75 bits per heavy atom. The number of ether oxygens (including phenoxy) is 1. The van der Waals surface area contributed by atoms with E-state index in [1.165, 1.54) is 0 Å². The Labute approximate surface area is 185 Å². The molecule has 2 amide bonds. The molecule has 3 N–H and O–H groups in total. The van der Waals surface area contributed by atoms with E-state index in [9.17, 15) is 28.1 Å². The summed E-state index contributed by atoms with van der Waals surface area (Å²) in [6.07, 6.45) is 3.38. The van der Waals surface area contributed by atoms with Crippen LogP contribution in [0.25, 0.3) is 0 Å². The molecule has 172 valence electrons. The fraction of sp³-hybridized carbons (Fsp3) is 0.300. The van der Waals surface area contributed by atoms with Gasteiger partial charge in [-0.2, -0.15) is 0 Å². The molecule has 0 unspecified atom stereocenters. The molecule has 0 aliphatic carbocycles. The van der Waals surface area contributed by atoms with Gasteiger partial charge in [0.2, 0.25) is 10.0 Å². The Morgan fingerprint density at radius 1 is 1.06 bits per heavy atom. The van der Waals surface area contributed by atoms with Crippen molar-refractivity contribution in [3.8, 4) is 11.5 Å². The molecule has 12 heteroatoms. The second-order valence-corrected chi connectivity index (χ2v) is 8.58. The highest BCUT2D eigenvalue weighted by Gasteiger charge is 2.24. The van der Waals surface area contributed by atoms with E-state index >= 15 is 0 Å². The Morgan fingerprint density at radius 3 is 2.34 bits per heavy atom. The van der Waals surface area contributed by atoms with E-state index in [-0.39, 0.29) is 23.7 Å². The number of para-hydroxylation sites is 1. The maximum Gasteiger partial charge on any atom is 0.313 e. The molecule has 0 fully saturated rings. The first-order valence-electron chi connectivity index (χ1n) is 9.73. The zero-order valence-corrected chi connectivity index (χ0v) is 18.4. The van der Waals surface area contributed by atoms with Crippen molar-refractivity contribution >= 4 is 38.9 Å². The summed E-state index contributed by atoms with van der Waals surface area (Å²) in [4.78, 5) is 35.0. The molecule has 2 aromatic carbocycles. The van der Waals surface area contributed by atoms with Gasteiger partial charge in [-0.3, -0.25) is 24.4 Å². The lowest BCUT2D eigenvalue weighted by Gasteiger charge is -2.15. The van der Waals surface area contributed by atoms with Gasteiger partial charge in [0.1, 0.15) is 11.4 Å². The highest BCUT2D eigenvalue weighted by molar-refractivity contribution is 7.92. The van der Waals surface area contributed by atoms with Gasteiger partial charge in [-0.15, -0.1) is 0 Å². The number of carbonyl (C=O) groups is 2. The van der Waals surface area contributed by atoms with Crippen LogP contribution in [0.3, 0.4) is 0 Å². The zero-order valence-electron chi connectivity index (χ0n) is 17.6. The number of nitrogens with zero attached hydrogens (tertiary/aromatic N) is 1. The highest BCUT2D eigenvalue weighted by atomic mass is 32.2. The minimum absolute atomic E-state index is 0.152. The van der Waals surface area contributed by atoms with Crippen LogP contribution in [0.2, 0.25) is 0 Å². The Bertz CT molecular complexity index is 1090. The number of anilines is 2. The quantitative estimate of drug-likeness (QED) is 0.211. The lowest BCUT2D eigenvalue weighted by Crippen LogP contribution is -2.36. The lowest BCUT2D eigenvalue weighted by atomic mass is 10.2. The first kappa shape index (κ1) is 24.6. The van der Waals surface area contributed by atoms with Crippen LogP contribution in [-0.4, -0.2) is 38.0 Å². The number of unbranched alkanes of at least 4 members (excludes halogenated alkanes) is 2. The number of rotatable bonds is 10. The van der Waals surface area contributed by atoms with Crippen LogP contribution >= 0.6 is 0 Å². The molecule has 0 radical (unpaired) electrons. The van der Waals surface area contributed by atoms with E-state index in [1.807, 2.05) is 6.92 Å². The summed E-state index contributed by atoms with van der Waals surface area (Å²) in [6.45, 7) is 2.27. The number of nitro groups is 1. The summed E-state index contributed by atoms with van der Waals surface area (Å²) in [5.41, 5.74) is -1.10. The molecule has 0 heterocycles. The predicted octanol–water partition coefficient (Wildman–Crippen LogP) is 3.00. The molecule has 0 spiro atoms. The van der Waals surface area contributed by atoms with Crippen LogP contribution in [0.5, 0.6) is 11.5 Å². The van der Waals surface area contributed by atoms with Crippen molar-refractivity contribution in [1.29, 1.82) is 0 Å². The van der Waals surface area contributed by atoms with Gasteiger partial charge in [0.25, 0.3) is 5.69 Å². The van der Waals surface area contributed by atoms with Gasteiger partial charge < -0.3 is 15.4 Å². The Balaban J connectivity index is 2.37. The summed E-state index contributed by atoms with van der Waals surface area (Å²) in [6, 6.07) is 10.2. The second kappa shape index (κ2) is 11.1. The predicted molar refractivity (Wildman–Crippen MR) is 119 cm³/mol. The zero-order chi connectivity index (χ0) is 23.7. The van der Waals surface area contributed by atoms with Crippen molar-refractivity contribution < 1.29 is 27.7 Å². The third kappa shape index (κ3) is 7.54. The van der Waals surface area contributed by atoms with Crippen LogP contribution in [-0.2, 0) is 19.6 Å². The van der Waals surface area contributed by atoms with Crippen molar-refractivity contribution in [2.45, 2.75) is 26.2 Å². The molecule has 0 bridgehead atoms. The number of nitro benzene ring substituents is 1. The van der Waals surface area contributed by atoms with Gasteiger partial charge in [0.05, 0.1) is 22.9 Å². The number of benzene rings is 2. The number of nitrogens with one attached hydrogen (secondary N) is 3. The summed E-state index contributed by atoms with van der Waals surface area (Å²) in [5, 5.41) is 16.2. The van der Waals surface area contributed by atoms with Crippen molar-refractivity contribution in [2.24, 2.45) is 0 Å². The number of amides is 2. The van der Waals surface area contributed by atoms with Crippen LogP contribution in [0.4, 0.5) is 17.1 Å². The normalized spacial score (nSPS) is 10.8. The SMILES string of the molecule is CCCCCNC(=O)C(=O)Nc1cc(NS(C)(=O)=O)c(Oc2ccccc2)cc1[N+](=O)[O-]. The van der Waals surface area contributed by atoms with Gasteiger partial charge in [0.15, 0.2) is 5.75 Å². The Kier molecular flexibility index (Phi) is 8.53. The van der Waals surface area contributed by atoms with Gasteiger partial charge >= 0.3 is 11.8 Å². The van der Waals surface area contributed by atoms with Gasteiger partial charge in [-0.1, -0.05) is 38.0 Å². The molecular formula is C20H24N4O7S. The molecular weight excluding hydrogens is 440 g/mol. The fourth-order valence-corrected chi connectivity index (χ4v) is 3.19. The van der Waals surface area contributed by atoms with E-state index in [0.717, 1.165) is 31.2 Å². The minimum atomic E-state index is -3.80. The van der Waals surface area contributed by atoms with Crippen molar-refractivity contribution in [1.82, 2.24) is 5.32 Å². The van der Waals surface area contributed by atoms with Gasteiger partial charge in [0, 0.05) is 6.54 Å². The molecule has 0 aliphatic heterocycles. The maximum absolute atomic E-state index is 12.2. The number of hydrogen-bond acceptors (Lipinski definition) is 7. The van der Waals surface area contributed by atoms with Crippen LogP contribution in [0.1, 0.15) is 26.2 Å². The first-order valence-corrected chi connectivity index (χ1v) is 11.6. The summed E-state index contributed by atoms with van der Waals surface area (Å²) >= 11 is 0. The summed E-state index contributed by atoms with van der Waals surface area (Å²) in [5.74, 6) is -1.93. The van der Waals surface area contributed by atoms with Gasteiger partial charge in [-0.25, -0.2) is 8.42 Å². The molecule has 0 aliphatic rings. The van der Waals surface area contributed by atoms with E-state index in [1.54, 1.807) is 30.3 Å². The van der Waals surface area contributed by atoms with Crippen molar-refractivity contribution in [2.75, 3.05) is 22.8 Å². The molecule has 11 nitrogen and oxygen atoms in total. The molecule has 0 saturated carbocycles. The maximum atomic E-state index is 12.2. The fourth-order valence-electron chi connectivity index (χ4n) is 2.64. The molecule has 2 aromatic rings. The summed E-state index contributed by atoms with van der Waals surface area (Å²) < 4.78 is 31.4. The van der Waals surface area contributed by atoms with Crippen molar-refractivity contribution in [3.63, 3.8) is 0 Å². The van der Waals surface area contributed by atoms with Gasteiger partial charge in [-0.05, 0) is 24.6 Å². The monoisotopic (exact) mass is 464 g/mol. The Hall–Kier alpha value is -3.67. The van der Waals surface area contributed by atoms with E-state index in [4.69, 9.17) is 4.74 Å². The second-order valence-electron chi connectivity index (χ2n) is 6.83. The highest BCUT2D eigenvalue weighted by Crippen LogP contribution is 2.39. The lowest BCUT2D eigenvalue weighted by molar-refractivity contribution is -0.384. The molecule has 2 rings (SSSR count). The average Bonchev–Trinajstić information content (AvgIpc) is 2.72. The number of hydrogen-bond donors (Lipinski definition) is 3. The van der Waals surface area contributed by atoms with E-state index < -0.39 is 32.4 Å². The van der Waals surface area contributed by atoms with Crippen LogP contribution < -0.4 is 20.1 Å². The number of sulfonamides is 1. The van der Waals surface area contributed by atoms with Crippen molar-refractivity contribution in [3.05, 3.63) is 52.6 Å².